The van der Waals surface area contributed by atoms with Gasteiger partial charge in [-0.3, -0.25) is 13.9 Å². The molecule has 3 rings (SSSR count). The van der Waals surface area contributed by atoms with Gasteiger partial charge < -0.3 is 9.30 Å². The minimum atomic E-state index is -0.394. The van der Waals surface area contributed by atoms with Gasteiger partial charge in [0.2, 0.25) is 0 Å². The maximum absolute atomic E-state index is 12.5. The first-order chi connectivity index (χ1) is 10.9. The van der Waals surface area contributed by atoms with E-state index < -0.39 is 5.69 Å². The number of nitrogens with zero attached hydrogens (tertiary/aromatic N) is 3. The molecule has 0 radical (unpaired) electrons. The number of halogens is 1. The zero-order valence-electron chi connectivity index (χ0n) is 13.3. The predicted octanol–water partition coefficient (Wildman–Crippen LogP) is 1.90. The van der Waals surface area contributed by atoms with Crippen molar-refractivity contribution in [2.75, 3.05) is 7.11 Å². The maximum Gasteiger partial charge on any atom is 0.331 e. The summed E-state index contributed by atoms with van der Waals surface area (Å²) in [5.74, 6) is 0.488. The molecule has 0 fully saturated rings. The summed E-state index contributed by atoms with van der Waals surface area (Å²) in [6.45, 7) is 0. The summed E-state index contributed by atoms with van der Waals surface area (Å²) in [7, 11) is 6.39. The van der Waals surface area contributed by atoms with E-state index in [9.17, 15) is 9.59 Å². The van der Waals surface area contributed by atoms with Gasteiger partial charge in [-0.2, -0.15) is 0 Å². The second-order valence-corrected chi connectivity index (χ2v) is 5.79. The van der Waals surface area contributed by atoms with Crippen LogP contribution in [-0.2, 0) is 21.1 Å². The second-order valence-electron chi connectivity index (χ2n) is 5.35. The fourth-order valence-electron chi connectivity index (χ4n) is 2.89. The van der Waals surface area contributed by atoms with Crippen molar-refractivity contribution in [3.05, 3.63) is 50.1 Å². The van der Waals surface area contributed by atoms with Gasteiger partial charge in [0.1, 0.15) is 11.0 Å². The average molecular weight is 334 g/mol. The fraction of sp³-hybridized carbons (Fsp3) is 0.250. The first-order valence-corrected chi connectivity index (χ1v) is 7.34. The number of methoxy groups -OCH3 is 1. The summed E-state index contributed by atoms with van der Waals surface area (Å²) in [4.78, 5) is 24.8. The molecule has 0 bridgehead atoms. The highest BCUT2D eigenvalue weighted by molar-refractivity contribution is 6.30. The Morgan fingerprint density at radius 2 is 1.52 bits per heavy atom. The molecule has 0 N–H and O–H groups in total. The van der Waals surface area contributed by atoms with Crippen LogP contribution in [-0.4, -0.2) is 20.8 Å². The lowest BCUT2D eigenvalue weighted by molar-refractivity contribution is 0.418. The van der Waals surface area contributed by atoms with E-state index in [1.807, 2.05) is 12.1 Å². The van der Waals surface area contributed by atoms with Gasteiger partial charge in [-0.1, -0.05) is 23.7 Å². The Hall–Kier alpha value is -2.47. The van der Waals surface area contributed by atoms with Gasteiger partial charge in [-0.25, -0.2) is 4.79 Å². The summed E-state index contributed by atoms with van der Waals surface area (Å²) in [5, 5.41) is 0.620. The minimum Gasteiger partial charge on any atom is -0.492 e. The summed E-state index contributed by atoms with van der Waals surface area (Å²) in [6, 6.07) is 7.24. The van der Waals surface area contributed by atoms with Crippen molar-refractivity contribution in [2.45, 2.75) is 0 Å². The van der Waals surface area contributed by atoms with Gasteiger partial charge in [0, 0.05) is 31.7 Å². The third kappa shape index (κ3) is 2.09. The largest absolute Gasteiger partial charge is 0.492 e. The molecule has 0 saturated carbocycles. The van der Waals surface area contributed by atoms with E-state index in [2.05, 4.69) is 0 Å². The molecule has 23 heavy (non-hydrogen) atoms. The van der Waals surface area contributed by atoms with Crippen molar-refractivity contribution in [3.8, 4) is 17.0 Å². The molecule has 7 heteroatoms. The topological polar surface area (TPSA) is 58.2 Å². The predicted molar refractivity (Wildman–Crippen MR) is 90.4 cm³/mol. The van der Waals surface area contributed by atoms with Crippen LogP contribution >= 0.6 is 11.6 Å². The Morgan fingerprint density at radius 3 is 2.09 bits per heavy atom. The number of benzene rings is 1. The quantitative estimate of drug-likeness (QED) is 0.719. The van der Waals surface area contributed by atoms with E-state index in [0.717, 1.165) is 15.8 Å². The highest BCUT2D eigenvalue weighted by Gasteiger charge is 2.23. The smallest absolute Gasteiger partial charge is 0.331 e. The number of fused-ring (bicyclic) bond motifs is 1. The average Bonchev–Trinajstić information content (AvgIpc) is 2.84. The van der Waals surface area contributed by atoms with E-state index in [1.54, 1.807) is 30.8 Å². The molecule has 120 valence electrons. The van der Waals surface area contributed by atoms with Crippen LogP contribution in [0.2, 0.25) is 5.02 Å². The van der Waals surface area contributed by atoms with E-state index in [1.165, 1.54) is 18.7 Å². The molecule has 2 aromatic heterocycles. The molecular weight excluding hydrogens is 318 g/mol. The SMILES string of the molecule is COc1c(-c2ccc(Cl)cc2)n(C)c2c(=O)n(C)c(=O)n(C)c12. The lowest BCUT2D eigenvalue weighted by Crippen LogP contribution is -2.37. The summed E-state index contributed by atoms with van der Waals surface area (Å²) in [6.07, 6.45) is 0. The van der Waals surface area contributed by atoms with Crippen LogP contribution in [0.15, 0.2) is 33.9 Å². The Morgan fingerprint density at radius 1 is 0.913 bits per heavy atom. The third-order valence-electron chi connectivity index (χ3n) is 4.06. The number of hydrogen-bond donors (Lipinski definition) is 0. The van der Waals surface area contributed by atoms with Crippen molar-refractivity contribution >= 4 is 22.6 Å². The Bertz CT molecular complexity index is 1030. The number of ether oxygens (including phenoxy) is 1. The van der Waals surface area contributed by atoms with Crippen molar-refractivity contribution in [1.29, 1.82) is 0 Å². The van der Waals surface area contributed by atoms with E-state index >= 15 is 0 Å². The zero-order valence-corrected chi connectivity index (χ0v) is 14.0. The van der Waals surface area contributed by atoms with Crippen LogP contribution in [0.3, 0.4) is 0 Å². The molecule has 0 atom stereocenters. The minimum absolute atomic E-state index is 0.357. The highest BCUT2D eigenvalue weighted by atomic mass is 35.5. The third-order valence-corrected chi connectivity index (χ3v) is 4.32. The number of aryl methyl sites for hydroxylation is 2. The molecule has 2 heterocycles. The Labute approximate surface area is 137 Å². The monoisotopic (exact) mass is 333 g/mol. The van der Waals surface area contributed by atoms with E-state index in [4.69, 9.17) is 16.3 Å². The summed E-state index contributed by atoms with van der Waals surface area (Å²) >= 11 is 5.95. The van der Waals surface area contributed by atoms with Gasteiger partial charge in [0.25, 0.3) is 5.56 Å². The van der Waals surface area contributed by atoms with Crippen LogP contribution in [0.25, 0.3) is 22.3 Å². The molecule has 0 aliphatic heterocycles. The molecule has 0 aliphatic rings. The van der Waals surface area contributed by atoms with E-state index in [0.29, 0.717) is 21.8 Å². The molecule has 0 spiro atoms. The van der Waals surface area contributed by atoms with Gasteiger partial charge in [0.15, 0.2) is 5.75 Å². The van der Waals surface area contributed by atoms with Gasteiger partial charge in [0.05, 0.1) is 12.8 Å². The van der Waals surface area contributed by atoms with Crippen molar-refractivity contribution in [1.82, 2.24) is 13.7 Å². The number of aromatic nitrogens is 3. The number of hydrogen-bond acceptors (Lipinski definition) is 3. The lowest BCUT2D eigenvalue weighted by Gasteiger charge is -2.07. The Balaban J connectivity index is 2.54. The first-order valence-electron chi connectivity index (χ1n) is 6.96. The molecule has 0 unspecified atom stereocenters. The Kier molecular flexibility index (Phi) is 3.56. The molecule has 0 amide bonds. The van der Waals surface area contributed by atoms with E-state index in [-0.39, 0.29) is 5.56 Å². The molecule has 0 aliphatic carbocycles. The standard InChI is InChI=1S/C16H16ClN3O3/c1-18-11(9-5-7-10(17)8-6-9)14(23-4)12-13(18)15(21)20(3)16(22)19(12)2/h5-8H,1-4H3. The first kappa shape index (κ1) is 15.4. The maximum atomic E-state index is 12.5. The highest BCUT2D eigenvalue weighted by Crippen LogP contribution is 2.37. The van der Waals surface area contributed by atoms with Crippen LogP contribution in [0, 0.1) is 0 Å². The van der Waals surface area contributed by atoms with Gasteiger partial charge in [-0.15, -0.1) is 0 Å². The number of rotatable bonds is 2. The van der Waals surface area contributed by atoms with Crippen molar-refractivity contribution in [2.24, 2.45) is 21.1 Å². The summed E-state index contributed by atoms with van der Waals surface area (Å²) in [5.41, 5.74) is 1.71. The molecule has 3 aromatic rings. The van der Waals surface area contributed by atoms with Gasteiger partial charge >= 0.3 is 5.69 Å². The molecular formula is C16H16ClN3O3. The van der Waals surface area contributed by atoms with Crippen LogP contribution < -0.4 is 16.0 Å². The van der Waals surface area contributed by atoms with Crippen molar-refractivity contribution in [3.63, 3.8) is 0 Å². The summed E-state index contributed by atoms with van der Waals surface area (Å²) < 4.78 is 9.80. The van der Waals surface area contributed by atoms with Gasteiger partial charge in [-0.05, 0) is 12.1 Å². The van der Waals surface area contributed by atoms with Crippen LogP contribution in [0.5, 0.6) is 5.75 Å². The van der Waals surface area contributed by atoms with Crippen LogP contribution in [0.4, 0.5) is 0 Å². The second kappa shape index (κ2) is 5.31. The van der Waals surface area contributed by atoms with Crippen molar-refractivity contribution < 1.29 is 4.74 Å². The van der Waals surface area contributed by atoms with Crippen LogP contribution in [0.1, 0.15) is 0 Å². The fourth-order valence-corrected chi connectivity index (χ4v) is 3.02. The molecule has 0 saturated heterocycles. The lowest BCUT2D eigenvalue weighted by atomic mass is 10.1. The molecule has 6 nitrogen and oxygen atoms in total. The molecule has 1 aromatic carbocycles. The zero-order chi connectivity index (χ0) is 16.9. The normalized spacial score (nSPS) is 11.2.